The van der Waals surface area contributed by atoms with Gasteiger partial charge in [0.25, 0.3) is 0 Å². The lowest BCUT2D eigenvalue weighted by Gasteiger charge is -2.16. The molecule has 0 fully saturated rings. The SMILES string of the molecule is COCCN(C)CCNc1ccncc1[N+](=O)[O-]. The van der Waals surface area contributed by atoms with E-state index in [1.54, 1.807) is 13.2 Å². The van der Waals surface area contributed by atoms with Crippen LogP contribution in [0.2, 0.25) is 0 Å². The number of hydrogen-bond donors (Lipinski definition) is 1. The Morgan fingerprint density at radius 1 is 1.56 bits per heavy atom. The van der Waals surface area contributed by atoms with E-state index in [1.165, 1.54) is 12.4 Å². The lowest BCUT2D eigenvalue weighted by Crippen LogP contribution is -2.28. The quantitative estimate of drug-likeness (QED) is 0.550. The Morgan fingerprint density at radius 2 is 2.33 bits per heavy atom. The first-order valence-corrected chi connectivity index (χ1v) is 5.65. The molecule has 0 bridgehead atoms. The Bertz CT molecular complexity index is 386. The molecule has 1 heterocycles. The second kappa shape index (κ2) is 7.57. The standard InChI is InChI=1S/C11H18N4O3/c1-14(7-8-18-2)6-5-13-10-3-4-12-9-11(10)15(16)17/h3-4,9H,5-8H2,1-2H3,(H,12,13). The summed E-state index contributed by atoms with van der Waals surface area (Å²) in [6.45, 7) is 2.91. The van der Waals surface area contributed by atoms with Gasteiger partial charge in [-0.3, -0.25) is 15.1 Å². The average molecular weight is 254 g/mol. The second-order valence-electron chi connectivity index (χ2n) is 3.87. The molecule has 0 aromatic carbocycles. The van der Waals surface area contributed by atoms with Gasteiger partial charge in [0, 0.05) is 32.9 Å². The van der Waals surface area contributed by atoms with Crippen molar-refractivity contribution in [3.63, 3.8) is 0 Å². The van der Waals surface area contributed by atoms with Crippen molar-refractivity contribution in [2.75, 3.05) is 45.7 Å². The molecule has 7 nitrogen and oxygen atoms in total. The minimum atomic E-state index is -0.441. The molecule has 0 atom stereocenters. The molecule has 0 spiro atoms. The number of nitrogens with zero attached hydrogens (tertiary/aromatic N) is 3. The molecular weight excluding hydrogens is 236 g/mol. The van der Waals surface area contributed by atoms with Gasteiger partial charge in [0.1, 0.15) is 11.9 Å². The molecule has 0 aliphatic rings. The topological polar surface area (TPSA) is 80.5 Å². The molecule has 0 unspecified atom stereocenters. The zero-order valence-corrected chi connectivity index (χ0v) is 10.6. The lowest BCUT2D eigenvalue weighted by atomic mass is 10.3. The van der Waals surface area contributed by atoms with E-state index in [9.17, 15) is 10.1 Å². The maximum Gasteiger partial charge on any atom is 0.310 e. The highest BCUT2D eigenvalue weighted by atomic mass is 16.6. The molecule has 1 aromatic heterocycles. The van der Waals surface area contributed by atoms with Crippen LogP contribution >= 0.6 is 0 Å². The van der Waals surface area contributed by atoms with Crippen molar-refractivity contribution in [1.82, 2.24) is 9.88 Å². The van der Waals surface area contributed by atoms with Crippen LogP contribution in [0.4, 0.5) is 11.4 Å². The molecule has 7 heteroatoms. The first-order valence-electron chi connectivity index (χ1n) is 5.65. The zero-order chi connectivity index (χ0) is 13.4. The summed E-state index contributed by atoms with van der Waals surface area (Å²) < 4.78 is 4.97. The van der Waals surface area contributed by atoms with Crippen molar-refractivity contribution < 1.29 is 9.66 Å². The van der Waals surface area contributed by atoms with Crippen molar-refractivity contribution >= 4 is 11.4 Å². The maximum absolute atomic E-state index is 10.8. The highest BCUT2D eigenvalue weighted by Gasteiger charge is 2.12. The molecule has 1 rings (SSSR count). The molecular formula is C11H18N4O3. The van der Waals surface area contributed by atoms with E-state index < -0.39 is 4.92 Å². The van der Waals surface area contributed by atoms with Gasteiger partial charge >= 0.3 is 5.69 Å². The first kappa shape index (κ1) is 14.3. The maximum atomic E-state index is 10.8. The number of rotatable bonds is 8. The Kier molecular flexibility index (Phi) is 6.03. The molecule has 1 N–H and O–H groups in total. The number of hydrogen-bond acceptors (Lipinski definition) is 6. The zero-order valence-electron chi connectivity index (χ0n) is 10.6. The van der Waals surface area contributed by atoms with E-state index >= 15 is 0 Å². The van der Waals surface area contributed by atoms with Gasteiger partial charge < -0.3 is 15.0 Å². The van der Waals surface area contributed by atoms with Crippen LogP contribution in [0.5, 0.6) is 0 Å². The number of nitro groups is 1. The highest BCUT2D eigenvalue weighted by molar-refractivity contribution is 5.59. The molecule has 0 saturated heterocycles. The van der Waals surface area contributed by atoms with Crippen LogP contribution in [0.25, 0.3) is 0 Å². The number of nitrogens with one attached hydrogen (secondary N) is 1. The van der Waals surface area contributed by atoms with Crippen LogP contribution in [0.3, 0.4) is 0 Å². The van der Waals surface area contributed by atoms with Gasteiger partial charge in [-0.2, -0.15) is 0 Å². The molecule has 0 aliphatic heterocycles. The summed E-state index contributed by atoms with van der Waals surface area (Å²) in [6.07, 6.45) is 2.78. The van der Waals surface area contributed by atoms with Crippen molar-refractivity contribution in [2.24, 2.45) is 0 Å². The lowest BCUT2D eigenvalue weighted by molar-refractivity contribution is -0.384. The van der Waals surface area contributed by atoms with E-state index in [4.69, 9.17) is 4.74 Å². The fraction of sp³-hybridized carbons (Fsp3) is 0.545. The molecule has 18 heavy (non-hydrogen) atoms. The first-order chi connectivity index (χ1) is 8.65. The number of methoxy groups -OCH3 is 1. The van der Waals surface area contributed by atoms with Gasteiger partial charge in [0.15, 0.2) is 0 Å². The summed E-state index contributed by atoms with van der Waals surface area (Å²) in [6, 6.07) is 1.60. The van der Waals surface area contributed by atoms with Gasteiger partial charge in [0.05, 0.1) is 11.5 Å². The number of anilines is 1. The third-order valence-corrected chi connectivity index (χ3v) is 2.48. The van der Waals surface area contributed by atoms with Gasteiger partial charge in [-0.25, -0.2) is 0 Å². The number of aromatic nitrogens is 1. The van der Waals surface area contributed by atoms with Crippen LogP contribution in [-0.4, -0.2) is 55.2 Å². The highest BCUT2D eigenvalue weighted by Crippen LogP contribution is 2.21. The van der Waals surface area contributed by atoms with E-state index in [0.29, 0.717) is 18.8 Å². The Hall–Kier alpha value is -1.73. The molecule has 0 radical (unpaired) electrons. The average Bonchev–Trinajstić information content (AvgIpc) is 2.36. The predicted octanol–water partition coefficient (Wildman–Crippen LogP) is 0.980. The normalized spacial score (nSPS) is 10.6. The van der Waals surface area contributed by atoms with Crippen molar-refractivity contribution in [2.45, 2.75) is 0 Å². The molecule has 0 saturated carbocycles. The number of pyridine rings is 1. The van der Waals surface area contributed by atoms with Gasteiger partial charge in [-0.05, 0) is 13.1 Å². The summed E-state index contributed by atoms with van der Waals surface area (Å²) in [5.41, 5.74) is 0.493. The Labute approximate surface area is 106 Å². The third kappa shape index (κ3) is 4.64. The van der Waals surface area contributed by atoms with Gasteiger partial charge in [0.2, 0.25) is 0 Å². The van der Waals surface area contributed by atoms with Crippen molar-refractivity contribution in [3.05, 3.63) is 28.6 Å². The molecule has 0 aliphatic carbocycles. The van der Waals surface area contributed by atoms with Crippen LogP contribution in [0.15, 0.2) is 18.5 Å². The molecule has 0 amide bonds. The van der Waals surface area contributed by atoms with Crippen LogP contribution in [-0.2, 0) is 4.74 Å². The van der Waals surface area contributed by atoms with Gasteiger partial charge in [-0.1, -0.05) is 0 Å². The summed E-state index contributed by atoms with van der Waals surface area (Å²) >= 11 is 0. The Balaban J connectivity index is 2.41. The second-order valence-corrected chi connectivity index (χ2v) is 3.87. The van der Waals surface area contributed by atoms with Crippen LogP contribution in [0, 0.1) is 10.1 Å². The van der Waals surface area contributed by atoms with Crippen LogP contribution < -0.4 is 5.32 Å². The number of ether oxygens (including phenoxy) is 1. The van der Waals surface area contributed by atoms with Crippen molar-refractivity contribution in [1.29, 1.82) is 0 Å². The fourth-order valence-electron chi connectivity index (χ4n) is 1.42. The summed E-state index contributed by atoms with van der Waals surface area (Å²) in [4.78, 5) is 16.1. The fourth-order valence-corrected chi connectivity index (χ4v) is 1.42. The van der Waals surface area contributed by atoms with E-state index in [2.05, 4.69) is 15.2 Å². The molecule has 1 aromatic rings. The predicted molar refractivity (Wildman–Crippen MR) is 68.8 cm³/mol. The summed E-state index contributed by atoms with van der Waals surface area (Å²) in [7, 11) is 3.63. The summed E-state index contributed by atoms with van der Waals surface area (Å²) in [5, 5.41) is 13.8. The number of likely N-dealkylation sites (N-methyl/N-ethyl adjacent to an activating group) is 1. The van der Waals surface area contributed by atoms with Crippen LogP contribution in [0.1, 0.15) is 0 Å². The summed E-state index contributed by atoms with van der Waals surface area (Å²) in [5.74, 6) is 0. The minimum Gasteiger partial charge on any atom is -0.383 e. The van der Waals surface area contributed by atoms with E-state index in [0.717, 1.165) is 13.1 Å². The van der Waals surface area contributed by atoms with Crippen molar-refractivity contribution in [3.8, 4) is 0 Å². The Morgan fingerprint density at radius 3 is 3.00 bits per heavy atom. The minimum absolute atomic E-state index is 0.00274. The third-order valence-electron chi connectivity index (χ3n) is 2.48. The smallest absolute Gasteiger partial charge is 0.310 e. The molecule has 100 valence electrons. The van der Waals surface area contributed by atoms with E-state index in [-0.39, 0.29) is 5.69 Å². The van der Waals surface area contributed by atoms with E-state index in [1.807, 2.05) is 7.05 Å². The largest absolute Gasteiger partial charge is 0.383 e. The van der Waals surface area contributed by atoms with Gasteiger partial charge in [-0.15, -0.1) is 0 Å². The monoisotopic (exact) mass is 254 g/mol.